The Hall–Kier alpha value is -6.26. The maximum Gasteiger partial charge on any atom is 0.247 e. The molecule has 9 aromatic rings. The van der Waals surface area contributed by atoms with Crippen molar-refractivity contribution in [1.29, 1.82) is 0 Å². The molecule has 0 bridgehead atoms. The van der Waals surface area contributed by atoms with Gasteiger partial charge in [-0.15, -0.1) is 0 Å². The first-order chi connectivity index (χ1) is 29.3. The molecule has 0 fully saturated rings. The molecule has 0 N–H and O–H groups in total. The molecule has 2 aliphatic heterocycles. The molecule has 4 aliphatic carbocycles. The molecule has 15 rings (SSSR count). The van der Waals surface area contributed by atoms with Crippen LogP contribution in [0.5, 0.6) is 0 Å². The van der Waals surface area contributed by atoms with Crippen molar-refractivity contribution in [2.45, 2.75) is 30.4 Å². The number of hydrogen-bond donors (Lipinski definition) is 0. The standard InChI is InChI=1S/C56H31BS2/c1-7-20-40-32(14-1)33-15-2-8-21-41(33)55(40)44-24-11-5-18-36(44)38-28-30-46-53(50(38)55)58-48-26-13-27-49-52(48)57(46)47-31-29-39-37-19-6-12-25-45(37)56(51(39)54(47)59-49)42-22-9-3-16-34(42)35-17-4-10-23-43(35)56/h1-31H. The minimum Gasteiger partial charge on any atom is -0.0908 e. The maximum absolute atomic E-state index is 2.51. The summed E-state index contributed by atoms with van der Waals surface area (Å²) in [6.07, 6.45) is 0. The van der Waals surface area contributed by atoms with E-state index in [0.29, 0.717) is 0 Å². The monoisotopic (exact) mass is 778 g/mol. The van der Waals surface area contributed by atoms with E-state index in [2.05, 4.69) is 188 Å². The molecule has 0 amide bonds. The Morgan fingerprint density at radius 1 is 0.288 bits per heavy atom. The van der Waals surface area contributed by atoms with Crippen molar-refractivity contribution in [1.82, 2.24) is 0 Å². The molecule has 0 unspecified atom stereocenters. The fourth-order valence-corrected chi connectivity index (χ4v) is 15.5. The second kappa shape index (κ2) is 10.9. The number of benzene rings is 9. The first-order valence-corrected chi connectivity index (χ1v) is 22.3. The third-order valence-corrected chi connectivity index (χ3v) is 17.1. The van der Waals surface area contributed by atoms with E-state index >= 15 is 0 Å². The van der Waals surface area contributed by atoms with Gasteiger partial charge in [0.05, 0.1) is 10.8 Å². The van der Waals surface area contributed by atoms with Gasteiger partial charge in [0, 0.05) is 19.6 Å². The van der Waals surface area contributed by atoms with E-state index in [9.17, 15) is 0 Å². The molecule has 270 valence electrons. The van der Waals surface area contributed by atoms with E-state index in [-0.39, 0.29) is 6.71 Å². The van der Waals surface area contributed by atoms with Gasteiger partial charge in [-0.1, -0.05) is 210 Å². The fourth-order valence-electron chi connectivity index (χ4n) is 12.7. The average molecular weight is 779 g/mol. The Morgan fingerprint density at radius 2 is 0.593 bits per heavy atom. The second-order valence-electron chi connectivity index (χ2n) is 16.9. The van der Waals surface area contributed by atoms with Crippen LogP contribution in [0.3, 0.4) is 0 Å². The highest BCUT2D eigenvalue weighted by atomic mass is 32.2. The average Bonchev–Trinajstić information content (AvgIpc) is 3.98. The van der Waals surface area contributed by atoms with Crippen molar-refractivity contribution >= 4 is 46.6 Å². The third kappa shape index (κ3) is 3.48. The van der Waals surface area contributed by atoms with Gasteiger partial charge in [-0.05, 0) is 107 Å². The number of fused-ring (bicyclic) bond motifs is 26. The molecule has 2 spiro atoms. The van der Waals surface area contributed by atoms with Crippen LogP contribution in [0.4, 0.5) is 0 Å². The minimum atomic E-state index is -0.403. The highest BCUT2D eigenvalue weighted by Gasteiger charge is 2.57. The molecule has 0 aromatic heterocycles. The molecule has 0 saturated heterocycles. The zero-order chi connectivity index (χ0) is 38.2. The Bertz CT molecular complexity index is 3080. The van der Waals surface area contributed by atoms with Crippen LogP contribution in [0.15, 0.2) is 208 Å². The highest BCUT2D eigenvalue weighted by Crippen LogP contribution is 2.67. The zero-order valence-electron chi connectivity index (χ0n) is 31.8. The van der Waals surface area contributed by atoms with Crippen LogP contribution in [0.25, 0.3) is 44.5 Å². The van der Waals surface area contributed by atoms with E-state index in [4.69, 9.17) is 0 Å². The lowest BCUT2D eigenvalue weighted by molar-refractivity contribution is 0.775. The summed E-state index contributed by atoms with van der Waals surface area (Å²) in [6.45, 7) is 0.101. The van der Waals surface area contributed by atoms with Gasteiger partial charge in [0.25, 0.3) is 0 Å². The van der Waals surface area contributed by atoms with E-state index < -0.39 is 10.8 Å². The SMILES string of the molecule is c1cc2c3c(c1)Sc1c(ccc4c1C1(c5ccccc5-c5ccccc51)c1ccccc1-4)B3c1ccc3c(c1S2)C1(c2ccccc2-c2ccccc21)c1ccccc1-3. The highest BCUT2D eigenvalue weighted by molar-refractivity contribution is 8.01. The molecule has 59 heavy (non-hydrogen) atoms. The lowest BCUT2D eigenvalue weighted by atomic mass is 9.36. The van der Waals surface area contributed by atoms with E-state index in [1.54, 1.807) is 0 Å². The molecule has 3 heteroatoms. The van der Waals surface area contributed by atoms with Crippen molar-refractivity contribution in [2.24, 2.45) is 0 Å². The fraction of sp³-hybridized carbons (Fsp3) is 0.0357. The predicted molar refractivity (Wildman–Crippen MR) is 245 cm³/mol. The van der Waals surface area contributed by atoms with Crippen LogP contribution in [0, 0.1) is 0 Å². The maximum atomic E-state index is 2.51. The summed E-state index contributed by atoms with van der Waals surface area (Å²) in [6, 6.07) is 72.4. The summed E-state index contributed by atoms with van der Waals surface area (Å²) in [5.41, 5.74) is 25.7. The van der Waals surface area contributed by atoms with E-state index in [1.807, 2.05) is 23.5 Å². The van der Waals surface area contributed by atoms with Crippen LogP contribution in [-0.4, -0.2) is 6.71 Å². The minimum absolute atomic E-state index is 0.101. The van der Waals surface area contributed by atoms with Gasteiger partial charge in [-0.2, -0.15) is 0 Å². The Morgan fingerprint density at radius 3 is 0.932 bits per heavy atom. The third-order valence-electron chi connectivity index (χ3n) is 14.6. The van der Waals surface area contributed by atoms with Crippen LogP contribution in [0.2, 0.25) is 0 Å². The lowest BCUT2D eigenvalue weighted by Crippen LogP contribution is -2.58. The van der Waals surface area contributed by atoms with Crippen molar-refractivity contribution in [2.75, 3.05) is 0 Å². The topological polar surface area (TPSA) is 0 Å². The van der Waals surface area contributed by atoms with Gasteiger partial charge in [0.1, 0.15) is 0 Å². The normalized spacial score (nSPS) is 15.9. The summed E-state index contributed by atoms with van der Waals surface area (Å²) in [4.78, 5) is 5.61. The summed E-state index contributed by atoms with van der Waals surface area (Å²) in [5.74, 6) is 0. The summed E-state index contributed by atoms with van der Waals surface area (Å²) >= 11 is 4.03. The molecular weight excluding hydrogens is 748 g/mol. The molecule has 9 aromatic carbocycles. The number of hydrogen-bond acceptors (Lipinski definition) is 2. The van der Waals surface area contributed by atoms with Crippen molar-refractivity contribution in [3.05, 3.63) is 233 Å². The summed E-state index contributed by atoms with van der Waals surface area (Å²) in [7, 11) is 0. The second-order valence-corrected chi connectivity index (χ2v) is 19.0. The van der Waals surface area contributed by atoms with Gasteiger partial charge in [0.15, 0.2) is 0 Å². The summed E-state index contributed by atoms with van der Waals surface area (Å²) in [5, 5.41) is 0. The molecule has 0 radical (unpaired) electrons. The summed E-state index contributed by atoms with van der Waals surface area (Å²) < 4.78 is 0. The molecular formula is C56H31BS2. The van der Waals surface area contributed by atoms with Gasteiger partial charge in [-0.3, -0.25) is 0 Å². The van der Waals surface area contributed by atoms with E-state index in [1.165, 1.54) is 125 Å². The van der Waals surface area contributed by atoms with Crippen molar-refractivity contribution < 1.29 is 0 Å². The van der Waals surface area contributed by atoms with E-state index in [0.717, 1.165) is 0 Å². The number of rotatable bonds is 0. The first kappa shape index (κ1) is 31.7. The smallest absolute Gasteiger partial charge is 0.0908 e. The molecule has 2 heterocycles. The zero-order valence-corrected chi connectivity index (χ0v) is 33.4. The Labute approximate surface area is 352 Å². The lowest BCUT2D eigenvalue weighted by Gasteiger charge is -2.39. The quantitative estimate of drug-likeness (QED) is 0.141. The Kier molecular flexibility index (Phi) is 5.84. The van der Waals surface area contributed by atoms with Crippen LogP contribution >= 0.6 is 23.5 Å². The van der Waals surface area contributed by atoms with Gasteiger partial charge in [0.2, 0.25) is 6.71 Å². The van der Waals surface area contributed by atoms with Gasteiger partial charge >= 0.3 is 0 Å². The van der Waals surface area contributed by atoms with Crippen LogP contribution in [0.1, 0.15) is 44.5 Å². The van der Waals surface area contributed by atoms with Gasteiger partial charge in [-0.25, -0.2) is 0 Å². The van der Waals surface area contributed by atoms with Gasteiger partial charge < -0.3 is 0 Å². The molecule has 0 atom stereocenters. The van der Waals surface area contributed by atoms with Crippen molar-refractivity contribution in [3.63, 3.8) is 0 Å². The van der Waals surface area contributed by atoms with Crippen molar-refractivity contribution in [3.8, 4) is 44.5 Å². The molecule has 6 aliphatic rings. The molecule has 0 nitrogen and oxygen atoms in total. The van der Waals surface area contributed by atoms with Crippen LogP contribution < -0.4 is 16.4 Å². The largest absolute Gasteiger partial charge is 0.247 e. The predicted octanol–water partition coefficient (Wildman–Crippen LogP) is 11.8. The van der Waals surface area contributed by atoms with Crippen LogP contribution in [-0.2, 0) is 10.8 Å². The Balaban J connectivity index is 1.06. The first-order valence-electron chi connectivity index (χ1n) is 20.7. The molecule has 0 saturated carbocycles.